The Bertz CT molecular complexity index is 389. The van der Waals surface area contributed by atoms with Gasteiger partial charge in [0.2, 0.25) is 0 Å². The molecular formula is C14H20FNO2. The maximum Gasteiger partial charge on any atom is 0.127 e. The molecule has 1 aromatic carbocycles. The van der Waals surface area contributed by atoms with Crippen molar-refractivity contribution >= 4 is 0 Å². The van der Waals surface area contributed by atoms with Gasteiger partial charge >= 0.3 is 0 Å². The second-order valence-corrected chi connectivity index (χ2v) is 4.77. The van der Waals surface area contributed by atoms with Crippen LogP contribution in [0.2, 0.25) is 0 Å². The van der Waals surface area contributed by atoms with Gasteiger partial charge in [0.05, 0.1) is 6.10 Å². The molecule has 3 nitrogen and oxygen atoms in total. The largest absolute Gasteiger partial charge is 0.490 e. The number of ether oxygens (including phenoxy) is 2. The van der Waals surface area contributed by atoms with Crippen molar-refractivity contribution in [1.29, 1.82) is 0 Å². The van der Waals surface area contributed by atoms with Gasteiger partial charge < -0.3 is 15.2 Å². The van der Waals surface area contributed by atoms with Crippen LogP contribution in [0.1, 0.15) is 37.8 Å². The van der Waals surface area contributed by atoms with Crippen LogP contribution < -0.4 is 10.5 Å². The fraction of sp³-hybridized carbons (Fsp3) is 0.571. The van der Waals surface area contributed by atoms with Crippen LogP contribution in [0.3, 0.4) is 0 Å². The third kappa shape index (κ3) is 3.43. The molecule has 4 heteroatoms. The molecule has 2 atom stereocenters. The van der Waals surface area contributed by atoms with Crippen LogP contribution in [-0.4, -0.2) is 19.3 Å². The van der Waals surface area contributed by atoms with E-state index in [1.54, 1.807) is 6.07 Å². The average molecular weight is 253 g/mol. The lowest BCUT2D eigenvalue weighted by Gasteiger charge is -2.23. The predicted octanol–water partition coefficient (Wildman–Crippen LogP) is 2.79. The summed E-state index contributed by atoms with van der Waals surface area (Å²) in [5.74, 6) is 0.220. The molecule has 0 spiro atoms. The number of hydrogen-bond donors (Lipinski definition) is 1. The minimum absolute atomic E-state index is 0.114. The van der Waals surface area contributed by atoms with E-state index in [9.17, 15) is 4.39 Å². The Kier molecular flexibility index (Phi) is 4.55. The average Bonchev–Trinajstić information content (AvgIpc) is 2.37. The molecule has 1 fully saturated rings. The highest BCUT2D eigenvalue weighted by molar-refractivity contribution is 5.36. The first-order chi connectivity index (χ1) is 8.66. The zero-order chi connectivity index (χ0) is 13.0. The molecule has 0 amide bonds. The van der Waals surface area contributed by atoms with E-state index in [0.29, 0.717) is 12.4 Å². The third-order valence-electron chi connectivity index (χ3n) is 3.16. The second-order valence-electron chi connectivity index (χ2n) is 4.77. The van der Waals surface area contributed by atoms with Crippen molar-refractivity contribution in [3.63, 3.8) is 0 Å². The number of halogens is 1. The van der Waals surface area contributed by atoms with E-state index in [1.165, 1.54) is 12.1 Å². The van der Waals surface area contributed by atoms with E-state index < -0.39 is 0 Å². The molecule has 0 saturated carbocycles. The Hall–Kier alpha value is -1.13. The zero-order valence-corrected chi connectivity index (χ0v) is 10.7. The van der Waals surface area contributed by atoms with Gasteiger partial charge in [0.1, 0.15) is 18.2 Å². The molecule has 100 valence electrons. The fourth-order valence-corrected chi connectivity index (χ4v) is 2.13. The normalized spacial score (nSPS) is 21.6. The van der Waals surface area contributed by atoms with Crippen molar-refractivity contribution in [3.8, 4) is 5.75 Å². The first-order valence-electron chi connectivity index (χ1n) is 6.46. The van der Waals surface area contributed by atoms with Crippen molar-refractivity contribution in [1.82, 2.24) is 0 Å². The minimum atomic E-state index is -0.307. The standard InChI is InChI=1S/C14H20FNO2/c1-10(16)13-6-5-11(15)8-14(13)18-9-12-4-2-3-7-17-12/h5-6,8,10,12H,2-4,7,9,16H2,1H3/t10-,12?/m1/s1. The van der Waals surface area contributed by atoms with Crippen LogP contribution in [0.5, 0.6) is 5.75 Å². The van der Waals surface area contributed by atoms with Crippen LogP contribution in [-0.2, 0) is 4.74 Å². The molecule has 2 N–H and O–H groups in total. The Morgan fingerprint density at radius 3 is 3.00 bits per heavy atom. The first kappa shape index (κ1) is 13.3. The summed E-state index contributed by atoms with van der Waals surface area (Å²) in [4.78, 5) is 0. The topological polar surface area (TPSA) is 44.5 Å². The van der Waals surface area contributed by atoms with E-state index in [0.717, 1.165) is 31.4 Å². The molecule has 0 aromatic heterocycles. The monoisotopic (exact) mass is 253 g/mol. The Labute approximate surface area is 107 Å². The van der Waals surface area contributed by atoms with Gasteiger partial charge in [0.25, 0.3) is 0 Å². The molecule has 1 aliphatic rings. The van der Waals surface area contributed by atoms with Gasteiger partial charge in [-0.15, -0.1) is 0 Å². The Morgan fingerprint density at radius 2 is 2.33 bits per heavy atom. The van der Waals surface area contributed by atoms with Crippen LogP contribution in [0.4, 0.5) is 4.39 Å². The maximum absolute atomic E-state index is 13.2. The highest BCUT2D eigenvalue weighted by Crippen LogP contribution is 2.25. The summed E-state index contributed by atoms with van der Waals surface area (Å²) in [6.07, 6.45) is 3.39. The molecule has 0 radical (unpaired) electrons. The Balaban J connectivity index is 2.00. The van der Waals surface area contributed by atoms with Gasteiger partial charge in [-0.2, -0.15) is 0 Å². The highest BCUT2D eigenvalue weighted by atomic mass is 19.1. The minimum Gasteiger partial charge on any atom is -0.490 e. The number of benzene rings is 1. The number of hydrogen-bond acceptors (Lipinski definition) is 3. The first-order valence-corrected chi connectivity index (χ1v) is 6.46. The zero-order valence-electron chi connectivity index (χ0n) is 10.7. The van der Waals surface area contributed by atoms with E-state index >= 15 is 0 Å². The van der Waals surface area contributed by atoms with Gasteiger partial charge in [0, 0.05) is 24.3 Å². The van der Waals surface area contributed by atoms with Crippen LogP contribution >= 0.6 is 0 Å². The molecular weight excluding hydrogens is 233 g/mol. The number of rotatable bonds is 4. The molecule has 2 rings (SSSR count). The van der Waals surface area contributed by atoms with Crippen molar-refractivity contribution in [2.24, 2.45) is 5.73 Å². The van der Waals surface area contributed by atoms with Gasteiger partial charge in [-0.25, -0.2) is 4.39 Å². The van der Waals surface area contributed by atoms with Gasteiger partial charge in [-0.1, -0.05) is 6.07 Å². The van der Waals surface area contributed by atoms with Crippen LogP contribution in [0.15, 0.2) is 18.2 Å². The molecule has 1 aliphatic heterocycles. The summed E-state index contributed by atoms with van der Waals surface area (Å²) in [6, 6.07) is 4.30. The van der Waals surface area contributed by atoms with Crippen molar-refractivity contribution < 1.29 is 13.9 Å². The summed E-state index contributed by atoms with van der Waals surface area (Å²) < 4.78 is 24.5. The Morgan fingerprint density at radius 1 is 1.50 bits per heavy atom. The van der Waals surface area contributed by atoms with Gasteiger partial charge in [-0.05, 0) is 32.3 Å². The number of nitrogens with two attached hydrogens (primary N) is 1. The molecule has 1 heterocycles. The maximum atomic E-state index is 13.2. The summed E-state index contributed by atoms with van der Waals surface area (Å²) in [5, 5.41) is 0. The van der Waals surface area contributed by atoms with E-state index in [2.05, 4.69) is 0 Å². The van der Waals surface area contributed by atoms with Crippen molar-refractivity contribution in [2.45, 2.75) is 38.3 Å². The molecule has 1 unspecified atom stereocenters. The summed E-state index contributed by atoms with van der Waals surface area (Å²) in [5.41, 5.74) is 6.67. The quantitative estimate of drug-likeness (QED) is 0.897. The summed E-state index contributed by atoms with van der Waals surface area (Å²) in [7, 11) is 0. The summed E-state index contributed by atoms with van der Waals surface area (Å²) >= 11 is 0. The van der Waals surface area contributed by atoms with E-state index in [1.807, 2.05) is 6.92 Å². The lowest BCUT2D eigenvalue weighted by molar-refractivity contribution is -0.0113. The molecule has 0 bridgehead atoms. The van der Waals surface area contributed by atoms with Gasteiger partial charge in [-0.3, -0.25) is 0 Å². The fourth-order valence-electron chi connectivity index (χ4n) is 2.13. The molecule has 18 heavy (non-hydrogen) atoms. The van der Waals surface area contributed by atoms with Crippen molar-refractivity contribution in [3.05, 3.63) is 29.6 Å². The van der Waals surface area contributed by atoms with Crippen LogP contribution in [0, 0.1) is 5.82 Å². The lowest BCUT2D eigenvalue weighted by atomic mass is 10.1. The smallest absolute Gasteiger partial charge is 0.127 e. The van der Waals surface area contributed by atoms with Crippen molar-refractivity contribution in [2.75, 3.05) is 13.2 Å². The SMILES string of the molecule is C[C@@H](N)c1ccc(F)cc1OCC1CCCCO1. The van der Waals surface area contributed by atoms with E-state index in [4.69, 9.17) is 15.2 Å². The highest BCUT2D eigenvalue weighted by Gasteiger charge is 2.16. The molecule has 1 aromatic rings. The lowest BCUT2D eigenvalue weighted by Crippen LogP contribution is -2.26. The summed E-state index contributed by atoms with van der Waals surface area (Å²) in [6.45, 7) is 3.11. The van der Waals surface area contributed by atoms with E-state index in [-0.39, 0.29) is 18.0 Å². The van der Waals surface area contributed by atoms with Crippen LogP contribution in [0.25, 0.3) is 0 Å². The third-order valence-corrected chi connectivity index (χ3v) is 3.16. The second kappa shape index (κ2) is 6.16. The van der Waals surface area contributed by atoms with Gasteiger partial charge in [0.15, 0.2) is 0 Å². The molecule has 0 aliphatic carbocycles. The molecule has 1 saturated heterocycles. The predicted molar refractivity (Wildman–Crippen MR) is 68.1 cm³/mol.